The second kappa shape index (κ2) is 38.6. The largest absolute Gasteiger partial charge is 0.391 e. The summed E-state index contributed by atoms with van der Waals surface area (Å²) in [6.07, 6.45) is 43.3. The number of rotatable bonds is 0. The normalized spacial score (nSPS) is 22.9. The Balaban J connectivity index is 0.000000500. The maximum absolute atomic E-state index is 4.38. The average molecular weight is 1260 g/mol. The van der Waals surface area contributed by atoms with E-state index in [4.69, 9.17) is 0 Å². The van der Waals surface area contributed by atoms with Crippen molar-refractivity contribution in [3.8, 4) is 0 Å². The number of aliphatic imine (C=N–C) groups is 2. The Morgan fingerprint density at radius 1 is 0.478 bits per heavy atom. The van der Waals surface area contributed by atoms with Crippen molar-refractivity contribution in [3.63, 3.8) is 0 Å². The Labute approximate surface area is 562 Å². The predicted molar refractivity (Wildman–Crippen MR) is 403 cm³/mol. The highest BCUT2D eigenvalue weighted by atomic mass is 15.6. The van der Waals surface area contributed by atoms with Gasteiger partial charge in [-0.05, 0) is 208 Å². The molecule has 10 heteroatoms. The van der Waals surface area contributed by atoms with E-state index in [1.54, 1.807) is 5.57 Å². The van der Waals surface area contributed by atoms with Crippen LogP contribution < -0.4 is 26.9 Å². The predicted octanol–water partition coefficient (Wildman–Crippen LogP) is 20.9. The molecule has 0 aromatic rings. The minimum absolute atomic E-state index is 0.215. The van der Waals surface area contributed by atoms with E-state index in [0.29, 0.717) is 49.5 Å². The fourth-order valence-electron chi connectivity index (χ4n) is 12.1. The SMILES string of the molecule is CC(C)(C)C1=CCCC1.CC(C)(C)C1=CCCN1.CC(C)(C)C1C=CNC1.CC(C)(C)C1CC=NC1.CC(C)(C)C1CCC=N1.CC(C)(C)C1CCCC1.CC(C)(C)C1CCCC1.CC(C)(C)N1C=CCN1.CC(C)(C)N1CC=CN1.CC(C)(C)N1CCCN1. The van der Waals surface area contributed by atoms with Gasteiger partial charge in [0.15, 0.2) is 0 Å². The monoisotopic (exact) mass is 1260 g/mol. The van der Waals surface area contributed by atoms with Crippen molar-refractivity contribution < 1.29 is 0 Å². The summed E-state index contributed by atoms with van der Waals surface area (Å²) in [5, 5.41) is 13.2. The topological polar surface area (TPSA) is 94.6 Å². The van der Waals surface area contributed by atoms with E-state index in [-0.39, 0.29) is 11.1 Å². The maximum atomic E-state index is 4.38. The van der Waals surface area contributed by atoms with Gasteiger partial charge in [0.05, 0.1) is 6.04 Å². The summed E-state index contributed by atoms with van der Waals surface area (Å²) in [5.41, 5.74) is 16.7. The first kappa shape index (κ1) is 85.1. The van der Waals surface area contributed by atoms with Crippen LogP contribution in [0.1, 0.15) is 310 Å². The Morgan fingerprint density at radius 2 is 1.03 bits per heavy atom. The van der Waals surface area contributed by atoms with Gasteiger partial charge in [-0.1, -0.05) is 207 Å². The Bertz CT molecular complexity index is 1870. The maximum Gasteiger partial charge on any atom is 0.0547 e. The summed E-state index contributed by atoms with van der Waals surface area (Å²) in [4.78, 5) is 8.59. The second-order valence-electron chi connectivity index (χ2n) is 37.7. The summed E-state index contributed by atoms with van der Waals surface area (Å²) >= 11 is 0. The van der Waals surface area contributed by atoms with Crippen LogP contribution in [0.25, 0.3) is 0 Å². The van der Waals surface area contributed by atoms with Gasteiger partial charge in [0.25, 0.3) is 0 Å². The van der Waals surface area contributed by atoms with Crippen LogP contribution in [0.3, 0.4) is 0 Å². The Morgan fingerprint density at radius 3 is 1.23 bits per heavy atom. The molecule has 7 heterocycles. The van der Waals surface area contributed by atoms with Gasteiger partial charge in [-0.15, -0.1) is 0 Å². The zero-order chi connectivity index (χ0) is 69.1. The van der Waals surface area contributed by atoms with Crippen LogP contribution in [-0.4, -0.2) is 95.9 Å². The van der Waals surface area contributed by atoms with E-state index in [1.807, 2.05) is 6.20 Å². The first-order valence-corrected chi connectivity index (χ1v) is 36.5. The molecule has 0 aromatic carbocycles. The zero-order valence-electron chi connectivity index (χ0n) is 65.7. The lowest BCUT2D eigenvalue weighted by atomic mass is 9.80. The first-order valence-electron chi connectivity index (χ1n) is 36.5. The van der Waals surface area contributed by atoms with Gasteiger partial charge in [-0.25, -0.2) is 15.4 Å². The molecule has 1 saturated heterocycles. The number of nitrogens with zero attached hydrogens (tertiary/aromatic N) is 5. The molecule has 3 fully saturated rings. The molecule has 0 bridgehead atoms. The third kappa shape index (κ3) is 37.2. The van der Waals surface area contributed by atoms with Gasteiger partial charge in [-0.3, -0.25) is 15.4 Å². The molecule has 0 radical (unpaired) electrons. The minimum atomic E-state index is 0.215. The third-order valence-corrected chi connectivity index (χ3v) is 19.1. The molecule has 0 amide bonds. The molecule has 7 aliphatic heterocycles. The molecule has 3 aliphatic carbocycles. The highest BCUT2D eigenvalue weighted by Crippen LogP contribution is 2.40. The lowest BCUT2D eigenvalue weighted by Crippen LogP contribution is -2.45. The molecule has 3 atom stereocenters. The number of hydrazine groups is 3. The van der Waals surface area contributed by atoms with Crippen LogP contribution in [0.5, 0.6) is 0 Å². The van der Waals surface area contributed by atoms with Crippen LogP contribution >= 0.6 is 0 Å². The Kier molecular flexibility index (Phi) is 36.5. The number of hydrogen-bond acceptors (Lipinski definition) is 10. The van der Waals surface area contributed by atoms with Crippen molar-refractivity contribution in [1.29, 1.82) is 0 Å². The van der Waals surface area contributed by atoms with Crippen molar-refractivity contribution in [2.75, 3.05) is 45.8 Å². The van der Waals surface area contributed by atoms with E-state index < -0.39 is 0 Å². The average Bonchev–Trinajstić information content (AvgIpc) is 4.52. The van der Waals surface area contributed by atoms with E-state index in [2.05, 4.69) is 315 Å². The molecule has 3 unspecified atom stereocenters. The molecular weight excluding hydrogens is 1100 g/mol. The van der Waals surface area contributed by atoms with Crippen LogP contribution in [0.15, 0.2) is 70.2 Å². The lowest BCUT2D eigenvalue weighted by Gasteiger charge is -2.31. The zero-order valence-corrected chi connectivity index (χ0v) is 65.7. The van der Waals surface area contributed by atoms with Gasteiger partial charge < -0.3 is 21.1 Å². The molecule has 2 saturated carbocycles. The number of nitrogens with one attached hydrogen (secondary N) is 5. The number of allylic oxidation sites excluding steroid dienone is 3. The van der Waals surface area contributed by atoms with Crippen LogP contribution in [0, 0.1) is 61.6 Å². The van der Waals surface area contributed by atoms with Crippen molar-refractivity contribution in [2.45, 2.75) is 333 Å². The smallest absolute Gasteiger partial charge is 0.0547 e. The molecule has 90 heavy (non-hydrogen) atoms. The van der Waals surface area contributed by atoms with Gasteiger partial charge in [0, 0.05) is 91.9 Å². The summed E-state index contributed by atoms with van der Waals surface area (Å²) in [6.45, 7) is 75.6. The van der Waals surface area contributed by atoms with Gasteiger partial charge >= 0.3 is 0 Å². The van der Waals surface area contributed by atoms with Crippen molar-refractivity contribution >= 4 is 12.4 Å². The van der Waals surface area contributed by atoms with E-state index in [0.717, 1.165) is 62.9 Å². The summed E-state index contributed by atoms with van der Waals surface area (Å²) in [6, 6.07) is 0.581. The first-order chi connectivity index (χ1) is 41.1. The molecule has 10 nitrogen and oxygen atoms in total. The molecule has 0 aromatic heterocycles. The van der Waals surface area contributed by atoms with Gasteiger partial charge in [0.1, 0.15) is 0 Å². The lowest BCUT2D eigenvalue weighted by molar-refractivity contribution is 0.116. The van der Waals surface area contributed by atoms with E-state index >= 15 is 0 Å². The van der Waals surface area contributed by atoms with Crippen molar-refractivity contribution in [3.05, 3.63) is 60.3 Å². The standard InChI is InChI=1S/2C9H18.C9H16.4C8H15N.C7H16N2.2C7H14N2/c3*1-9(2,3)8-6-4-5-7-8;2*1-8(2,3)7-4-5-9-6-7;2*1-8(2,3)7-5-4-6-9-7;3*1-7(2,3)9-6-4-5-8-9/h2*8H,4-7H2,1-3H3;6H,4-5,7H2,1-3H3;5,7H,4,6H2,1-3H3;4-5,7,9H,6H2,1-3H3;6-7H,4-5H2,1-3H3;5,9H,4,6H2,1-3H3;8H,4-6H2,1-3H3;4,6,8H,5H2,1-3H3;4-5,8H,6H2,1-3H3. The molecule has 10 rings (SSSR count). The quantitative estimate of drug-likeness (QED) is 0.153. The summed E-state index contributed by atoms with van der Waals surface area (Å²) < 4.78 is 0. The third-order valence-electron chi connectivity index (χ3n) is 19.1. The highest BCUT2D eigenvalue weighted by Gasteiger charge is 2.30. The Hall–Kier alpha value is -2.92. The van der Waals surface area contributed by atoms with E-state index in [1.165, 1.54) is 115 Å². The fourth-order valence-corrected chi connectivity index (χ4v) is 12.1. The van der Waals surface area contributed by atoms with Gasteiger partial charge in [-0.2, -0.15) is 0 Å². The molecule has 5 N–H and O–H groups in total. The molecule has 0 spiro atoms. The second-order valence-corrected chi connectivity index (χ2v) is 37.7. The molecule has 526 valence electrons. The summed E-state index contributed by atoms with van der Waals surface area (Å²) in [7, 11) is 0. The van der Waals surface area contributed by atoms with E-state index in [9.17, 15) is 0 Å². The van der Waals surface area contributed by atoms with Crippen molar-refractivity contribution in [2.24, 2.45) is 71.6 Å². The van der Waals surface area contributed by atoms with Crippen LogP contribution in [-0.2, 0) is 0 Å². The van der Waals surface area contributed by atoms with Gasteiger partial charge in [0.2, 0.25) is 0 Å². The number of hydrogen-bond donors (Lipinski definition) is 5. The van der Waals surface area contributed by atoms with Crippen LogP contribution in [0.4, 0.5) is 0 Å². The minimum Gasteiger partial charge on any atom is -0.391 e. The van der Waals surface area contributed by atoms with Crippen LogP contribution in [0.2, 0.25) is 0 Å². The van der Waals surface area contributed by atoms with Crippen molar-refractivity contribution in [1.82, 2.24) is 41.9 Å². The summed E-state index contributed by atoms with van der Waals surface area (Å²) in [5.74, 6) is 3.53. The molecule has 10 aliphatic rings. The fraction of sp³-hybridized carbons (Fsp3) is 0.850. The highest BCUT2D eigenvalue weighted by molar-refractivity contribution is 5.60. The molecular formula is C80H156N10.